The Labute approximate surface area is 142 Å². The molecule has 1 saturated heterocycles. The highest BCUT2D eigenvalue weighted by atomic mass is 32.2. The van der Waals surface area contributed by atoms with E-state index in [2.05, 4.69) is 0 Å². The van der Waals surface area contributed by atoms with E-state index in [9.17, 15) is 22.8 Å². The van der Waals surface area contributed by atoms with Gasteiger partial charge in [-0.25, -0.2) is 0 Å². The van der Waals surface area contributed by atoms with Gasteiger partial charge in [-0.2, -0.15) is 13.2 Å². The van der Waals surface area contributed by atoms with Gasteiger partial charge in [-0.1, -0.05) is 12.1 Å². The summed E-state index contributed by atoms with van der Waals surface area (Å²) >= 11 is 1.66. The Hall–Kier alpha value is -1.70. The Bertz CT molecular complexity index is 650. The van der Waals surface area contributed by atoms with Gasteiger partial charge in [0, 0.05) is 24.4 Å². The van der Waals surface area contributed by atoms with Gasteiger partial charge in [0.2, 0.25) is 11.8 Å². The molecule has 0 aliphatic carbocycles. The number of rotatable bonds is 2. The smallest absolute Gasteiger partial charge is 0.333 e. The van der Waals surface area contributed by atoms with Crippen LogP contribution in [0, 0.1) is 5.92 Å². The van der Waals surface area contributed by atoms with Gasteiger partial charge in [-0.15, -0.1) is 11.8 Å². The molecule has 1 atom stereocenters. The molecule has 0 saturated carbocycles. The number of hydrogen-bond acceptors (Lipinski definition) is 3. The number of nitrogens with zero attached hydrogens (tertiary/aromatic N) is 2. The van der Waals surface area contributed by atoms with Crippen LogP contribution in [0.15, 0.2) is 29.2 Å². The predicted octanol–water partition coefficient (Wildman–Crippen LogP) is 2.93. The second-order valence-electron chi connectivity index (χ2n) is 5.95. The molecule has 0 bridgehead atoms. The van der Waals surface area contributed by atoms with Gasteiger partial charge < -0.3 is 9.80 Å². The fourth-order valence-corrected chi connectivity index (χ4v) is 4.08. The van der Waals surface area contributed by atoms with Crippen LogP contribution in [0.2, 0.25) is 0 Å². The number of thioether (sulfide) groups is 1. The number of benzene rings is 1. The van der Waals surface area contributed by atoms with Crippen molar-refractivity contribution in [1.82, 2.24) is 4.90 Å². The summed E-state index contributed by atoms with van der Waals surface area (Å²) in [6, 6.07) is 7.50. The van der Waals surface area contributed by atoms with Crippen LogP contribution in [-0.2, 0) is 9.59 Å². The number of likely N-dealkylation sites (tertiary alicyclic amines) is 1. The van der Waals surface area contributed by atoms with Crippen molar-refractivity contribution in [2.24, 2.45) is 5.92 Å². The summed E-state index contributed by atoms with van der Waals surface area (Å²) in [5, 5.41) is 0. The highest BCUT2D eigenvalue weighted by molar-refractivity contribution is 7.99. The second-order valence-corrected chi connectivity index (χ2v) is 7.09. The lowest BCUT2D eigenvalue weighted by Crippen LogP contribution is -2.39. The summed E-state index contributed by atoms with van der Waals surface area (Å²) in [5.74, 6) is -0.702. The molecule has 24 heavy (non-hydrogen) atoms. The molecule has 0 N–H and O–H groups in total. The van der Waals surface area contributed by atoms with Crippen LogP contribution in [0.5, 0.6) is 0 Å². The maximum Gasteiger partial charge on any atom is 0.406 e. The number of hydrogen-bond donors (Lipinski definition) is 0. The minimum absolute atomic E-state index is 0.152. The normalized spacial score (nSPS) is 21.6. The van der Waals surface area contributed by atoms with Gasteiger partial charge in [0.05, 0.1) is 11.6 Å². The predicted molar refractivity (Wildman–Crippen MR) is 84.9 cm³/mol. The van der Waals surface area contributed by atoms with Gasteiger partial charge in [0.15, 0.2) is 0 Å². The third-order valence-corrected chi connectivity index (χ3v) is 5.29. The summed E-state index contributed by atoms with van der Waals surface area (Å²) in [7, 11) is 0. The Morgan fingerprint density at radius 3 is 2.79 bits per heavy atom. The zero-order valence-electron chi connectivity index (χ0n) is 12.9. The zero-order valence-corrected chi connectivity index (χ0v) is 13.7. The first-order valence-corrected chi connectivity index (χ1v) is 8.71. The van der Waals surface area contributed by atoms with Crippen molar-refractivity contribution < 1.29 is 22.8 Å². The number of amides is 2. The Kier molecular flexibility index (Phi) is 4.76. The van der Waals surface area contributed by atoms with E-state index in [-0.39, 0.29) is 18.9 Å². The first kappa shape index (κ1) is 17.1. The largest absolute Gasteiger partial charge is 0.406 e. The van der Waals surface area contributed by atoms with E-state index < -0.39 is 24.5 Å². The van der Waals surface area contributed by atoms with Gasteiger partial charge in [0.1, 0.15) is 6.54 Å². The SMILES string of the molecule is O=C1CC(C(=O)N2CCCSc3ccccc32)CN1CC(F)(F)F. The minimum Gasteiger partial charge on any atom is -0.333 e. The molecule has 0 radical (unpaired) electrons. The van der Waals surface area contributed by atoms with Crippen LogP contribution >= 0.6 is 11.8 Å². The van der Waals surface area contributed by atoms with Crippen LogP contribution < -0.4 is 4.90 Å². The number of para-hydroxylation sites is 1. The quantitative estimate of drug-likeness (QED) is 0.816. The Morgan fingerprint density at radius 2 is 2.04 bits per heavy atom. The maximum atomic E-state index is 12.8. The first-order chi connectivity index (χ1) is 11.3. The molecule has 130 valence electrons. The fraction of sp³-hybridized carbons (Fsp3) is 0.500. The van der Waals surface area contributed by atoms with Crippen molar-refractivity contribution in [3.63, 3.8) is 0 Å². The third kappa shape index (κ3) is 3.68. The number of alkyl halides is 3. The van der Waals surface area contributed by atoms with Crippen LogP contribution in [-0.4, -0.2) is 48.3 Å². The van der Waals surface area contributed by atoms with Crippen molar-refractivity contribution in [3.05, 3.63) is 24.3 Å². The molecule has 0 spiro atoms. The van der Waals surface area contributed by atoms with E-state index in [0.717, 1.165) is 27.7 Å². The van der Waals surface area contributed by atoms with Crippen molar-refractivity contribution in [1.29, 1.82) is 0 Å². The van der Waals surface area contributed by atoms with Crippen LogP contribution in [0.4, 0.5) is 18.9 Å². The number of fused-ring (bicyclic) bond motifs is 1. The molecule has 3 rings (SSSR count). The lowest BCUT2D eigenvalue weighted by molar-refractivity contribution is -0.157. The first-order valence-electron chi connectivity index (χ1n) is 7.73. The molecule has 4 nitrogen and oxygen atoms in total. The van der Waals surface area contributed by atoms with E-state index in [1.807, 2.05) is 24.3 Å². The molecule has 1 unspecified atom stereocenters. The average Bonchev–Trinajstić information content (AvgIpc) is 2.75. The molecule has 2 aliphatic rings. The standard InChI is InChI=1S/C16H17F3N2O2S/c17-16(18,19)10-20-9-11(8-14(20)22)15(23)21-6-3-7-24-13-5-2-1-4-12(13)21/h1-2,4-5,11H,3,6-10H2. The molecule has 0 aromatic heterocycles. The van der Waals surface area contributed by atoms with Gasteiger partial charge in [-0.05, 0) is 24.3 Å². The van der Waals surface area contributed by atoms with Gasteiger partial charge in [0.25, 0.3) is 0 Å². The van der Waals surface area contributed by atoms with Gasteiger partial charge in [-0.3, -0.25) is 9.59 Å². The molecule has 1 aromatic rings. The van der Waals surface area contributed by atoms with Crippen molar-refractivity contribution in [2.75, 3.05) is 30.3 Å². The molecule has 1 aromatic carbocycles. The van der Waals surface area contributed by atoms with E-state index in [1.54, 1.807) is 16.7 Å². The van der Waals surface area contributed by atoms with Crippen LogP contribution in [0.1, 0.15) is 12.8 Å². The van der Waals surface area contributed by atoms with E-state index >= 15 is 0 Å². The Balaban J connectivity index is 1.76. The summed E-state index contributed by atoms with van der Waals surface area (Å²) in [4.78, 5) is 28.0. The lowest BCUT2D eigenvalue weighted by Gasteiger charge is -2.25. The summed E-state index contributed by atoms with van der Waals surface area (Å²) in [6.07, 6.45) is -3.79. The molecular formula is C16H17F3N2O2S. The number of halogens is 3. The number of carbonyl (C=O) groups is 2. The molecule has 2 amide bonds. The number of anilines is 1. The Morgan fingerprint density at radius 1 is 1.29 bits per heavy atom. The maximum absolute atomic E-state index is 12.8. The monoisotopic (exact) mass is 358 g/mol. The van der Waals surface area contributed by atoms with E-state index in [0.29, 0.717) is 6.54 Å². The number of carbonyl (C=O) groups excluding carboxylic acids is 2. The summed E-state index contributed by atoms with van der Waals surface area (Å²) in [6.45, 7) is -0.933. The fourth-order valence-electron chi connectivity index (χ4n) is 3.08. The van der Waals surface area contributed by atoms with Gasteiger partial charge >= 0.3 is 6.18 Å². The van der Waals surface area contributed by atoms with E-state index in [4.69, 9.17) is 0 Å². The van der Waals surface area contributed by atoms with Crippen molar-refractivity contribution in [3.8, 4) is 0 Å². The van der Waals surface area contributed by atoms with E-state index in [1.165, 1.54) is 0 Å². The summed E-state index contributed by atoms with van der Waals surface area (Å²) in [5.41, 5.74) is 0.784. The average molecular weight is 358 g/mol. The molecule has 2 heterocycles. The minimum atomic E-state index is -4.44. The highest BCUT2D eigenvalue weighted by Gasteiger charge is 2.42. The van der Waals surface area contributed by atoms with Crippen LogP contribution in [0.25, 0.3) is 0 Å². The second kappa shape index (κ2) is 6.66. The zero-order chi connectivity index (χ0) is 17.3. The summed E-state index contributed by atoms with van der Waals surface area (Å²) < 4.78 is 37.6. The third-order valence-electron chi connectivity index (χ3n) is 4.14. The molecule has 2 aliphatic heterocycles. The van der Waals surface area contributed by atoms with Crippen molar-refractivity contribution >= 4 is 29.3 Å². The lowest BCUT2D eigenvalue weighted by atomic mass is 10.1. The van der Waals surface area contributed by atoms with Crippen molar-refractivity contribution in [2.45, 2.75) is 23.9 Å². The van der Waals surface area contributed by atoms with Crippen LogP contribution in [0.3, 0.4) is 0 Å². The molecule has 1 fully saturated rings. The molecular weight excluding hydrogens is 341 g/mol. The topological polar surface area (TPSA) is 40.6 Å². The highest BCUT2D eigenvalue weighted by Crippen LogP contribution is 2.35. The molecule has 8 heteroatoms.